The SMILES string of the molecule is Cc1cc(C(=O)CCC(=O)N(C)C[C@H]2COc3ccccc3O2)c(C)s1. The second kappa shape index (κ2) is 7.91. The first-order chi connectivity index (χ1) is 12.4. The Kier molecular flexibility index (Phi) is 5.61. The van der Waals surface area contributed by atoms with E-state index in [9.17, 15) is 9.59 Å². The first-order valence-corrected chi connectivity index (χ1v) is 9.48. The van der Waals surface area contributed by atoms with Crippen LogP contribution in [0.4, 0.5) is 0 Å². The Balaban J connectivity index is 1.49. The van der Waals surface area contributed by atoms with Crippen LogP contribution in [0.5, 0.6) is 11.5 Å². The van der Waals surface area contributed by atoms with Crippen molar-refractivity contribution in [2.45, 2.75) is 32.8 Å². The Morgan fingerprint density at radius 1 is 1.19 bits per heavy atom. The number of likely N-dealkylation sites (N-methyl/N-ethyl adjacent to an activating group) is 1. The molecule has 138 valence electrons. The van der Waals surface area contributed by atoms with E-state index < -0.39 is 0 Å². The number of hydrogen-bond acceptors (Lipinski definition) is 5. The fourth-order valence-electron chi connectivity index (χ4n) is 3.01. The zero-order valence-electron chi connectivity index (χ0n) is 15.3. The molecule has 0 saturated carbocycles. The highest BCUT2D eigenvalue weighted by atomic mass is 32.1. The van der Waals surface area contributed by atoms with Gasteiger partial charge in [-0.15, -0.1) is 11.3 Å². The number of ether oxygens (including phenoxy) is 2. The van der Waals surface area contributed by atoms with Crippen molar-refractivity contribution >= 4 is 23.0 Å². The van der Waals surface area contributed by atoms with Gasteiger partial charge in [0.25, 0.3) is 0 Å². The standard InChI is InChI=1S/C20H23NO4S/c1-13-10-16(14(2)26-13)17(22)8-9-20(23)21(3)11-15-12-24-18-6-4-5-7-19(18)25-15/h4-7,10,15H,8-9,11-12H2,1-3H3/t15-/m0/s1. The zero-order valence-corrected chi connectivity index (χ0v) is 16.1. The molecular weight excluding hydrogens is 350 g/mol. The lowest BCUT2D eigenvalue weighted by Gasteiger charge is -2.29. The van der Waals surface area contributed by atoms with Gasteiger partial charge in [-0.3, -0.25) is 9.59 Å². The third kappa shape index (κ3) is 4.25. The Morgan fingerprint density at radius 3 is 2.62 bits per heavy atom. The van der Waals surface area contributed by atoms with Gasteiger partial charge in [-0.1, -0.05) is 12.1 Å². The van der Waals surface area contributed by atoms with Crippen molar-refractivity contribution in [1.29, 1.82) is 0 Å². The molecule has 2 aromatic rings. The average molecular weight is 373 g/mol. The molecule has 0 fully saturated rings. The van der Waals surface area contributed by atoms with Gasteiger partial charge in [0, 0.05) is 35.2 Å². The number of fused-ring (bicyclic) bond motifs is 1. The molecule has 0 spiro atoms. The highest BCUT2D eigenvalue weighted by molar-refractivity contribution is 7.12. The zero-order chi connectivity index (χ0) is 18.7. The summed E-state index contributed by atoms with van der Waals surface area (Å²) in [4.78, 5) is 28.4. The maximum atomic E-state index is 12.4. The number of nitrogens with zero attached hydrogens (tertiary/aromatic N) is 1. The molecule has 0 saturated heterocycles. The first-order valence-electron chi connectivity index (χ1n) is 8.66. The molecule has 1 aliphatic heterocycles. The van der Waals surface area contributed by atoms with Crippen molar-refractivity contribution in [3.8, 4) is 11.5 Å². The van der Waals surface area contributed by atoms with E-state index in [1.165, 1.54) is 0 Å². The molecule has 6 heteroatoms. The largest absolute Gasteiger partial charge is 0.486 e. The molecule has 0 aliphatic carbocycles. The van der Waals surface area contributed by atoms with Crippen LogP contribution in [0, 0.1) is 13.8 Å². The fourth-order valence-corrected chi connectivity index (χ4v) is 3.96. The Labute approximate surface area is 157 Å². The van der Waals surface area contributed by atoms with Gasteiger partial charge in [-0.25, -0.2) is 0 Å². The van der Waals surface area contributed by atoms with Crippen LogP contribution in [0.25, 0.3) is 0 Å². The summed E-state index contributed by atoms with van der Waals surface area (Å²) in [6, 6.07) is 9.40. The number of hydrogen-bond donors (Lipinski definition) is 0. The highest BCUT2D eigenvalue weighted by Crippen LogP contribution is 2.31. The molecule has 0 radical (unpaired) electrons. The number of ketones is 1. The molecule has 26 heavy (non-hydrogen) atoms. The van der Waals surface area contributed by atoms with Gasteiger partial charge in [0.15, 0.2) is 23.4 Å². The van der Waals surface area contributed by atoms with Crippen LogP contribution < -0.4 is 9.47 Å². The second-order valence-electron chi connectivity index (χ2n) is 6.52. The Morgan fingerprint density at radius 2 is 1.92 bits per heavy atom. The van der Waals surface area contributed by atoms with Gasteiger partial charge in [0.1, 0.15) is 6.61 Å². The maximum Gasteiger partial charge on any atom is 0.222 e. The number of thiophene rings is 1. The Hall–Kier alpha value is -2.34. The van der Waals surface area contributed by atoms with Gasteiger partial charge in [-0.05, 0) is 32.0 Å². The minimum absolute atomic E-state index is 0.0276. The lowest BCUT2D eigenvalue weighted by molar-refractivity contribution is -0.131. The fraction of sp³-hybridized carbons (Fsp3) is 0.400. The van der Waals surface area contributed by atoms with E-state index in [1.54, 1.807) is 23.3 Å². The van der Waals surface area contributed by atoms with Crippen molar-refractivity contribution < 1.29 is 19.1 Å². The Bertz CT molecular complexity index is 814. The van der Waals surface area contributed by atoms with Crippen molar-refractivity contribution in [1.82, 2.24) is 4.90 Å². The maximum absolute atomic E-state index is 12.4. The molecule has 0 unspecified atom stereocenters. The molecule has 2 heterocycles. The molecule has 3 rings (SSSR count). The predicted molar refractivity (Wildman–Crippen MR) is 101 cm³/mol. The van der Waals surface area contributed by atoms with E-state index >= 15 is 0 Å². The number of benzene rings is 1. The summed E-state index contributed by atoms with van der Waals surface area (Å²) in [7, 11) is 1.73. The van der Waals surface area contributed by atoms with Crippen molar-refractivity contribution in [2.24, 2.45) is 0 Å². The quantitative estimate of drug-likeness (QED) is 0.726. The topological polar surface area (TPSA) is 55.8 Å². The minimum Gasteiger partial charge on any atom is -0.486 e. The van der Waals surface area contributed by atoms with E-state index in [0.29, 0.717) is 18.9 Å². The van der Waals surface area contributed by atoms with Crippen LogP contribution >= 0.6 is 11.3 Å². The second-order valence-corrected chi connectivity index (χ2v) is 7.98. The van der Waals surface area contributed by atoms with E-state index in [0.717, 1.165) is 21.1 Å². The third-order valence-electron chi connectivity index (χ3n) is 4.38. The molecule has 1 amide bonds. The van der Waals surface area contributed by atoms with Crippen molar-refractivity contribution in [2.75, 3.05) is 20.2 Å². The summed E-state index contributed by atoms with van der Waals surface area (Å²) in [6.45, 7) is 4.76. The van der Waals surface area contributed by atoms with Gasteiger partial charge >= 0.3 is 0 Å². The number of carbonyl (C=O) groups excluding carboxylic acids is 2. The van der Waals surface area contributed by atoms with Gasteiger partial charge < -0.3 is 14.4 Å². The summed E-state index contributed by atoms with van der Waals surface area (Å²) in [5.74, 6) is 1.39. The number of para-hydroxylation sites is 2. The van der Waals surface area contributed by atoms with Gasteiger partial charge in [0.2, 0.25) is 5.91 Å². The van der Waals surface area contributed by atoms with E-state index in [1.807, 2.05) is 44.2 Å². The van der Waals surface area contributed by atoms with E-state index in [-0.39, 0.29) is 30.6 Å². The summed E-state index contributed by atoms with van der Waals surface area (Å²) >= 11 is 1.61. The van der Waals surface area contributed by atoms with Crippen LogP contribution in [0.15, 0.2) is 30.3 Å². The van der Waals surface area contributed by atoms with Gasteiger partial charge in [-0.2, -0.15) is 0 Å². The molecule has 0 N–H and O–H groups in total. The van der Waals surface area contributed by atoms with Crippen LogP contribution in [-0.2, 0) is 4.79 Å². The van der Waals surface area contributed by atoms with E-state index in [2.05, 4.69) is 0 Å². The smallest absolute Gasteiger partial charge is 0.222 e. The van der Waals surface area contributed by atoms with Gasteiger partial charge in [0.05, 0.1) is 6.54 Å². The average Bonchev–Trinajstić information content (AvgIpc) is 2.97. The lowest BCUT2D eigenvalue weighted by atomic mass is 10.1. The molecule has 1 aromatic carbocycles. The van der Waals surface area contributed by atoms with Crippen LogP contribution in [0.1, 0.15) is 33.0 Å². The van der Waals surface area contributed by atoms with Crippen molar-refractivity contribution in [3.63, 3.8) is 0 Å². The first kappa shape index (κ1) is 18.5. The number of Topliss-reactive ketones (excluding diaryl/α,β-unsaturated/α-hetero) is 1. The molecule has 5 nitrogen and oxygen atoms in total. The lowest BCUT2D eigenvalue weighted by Crippen LogP contribution is -2.41. The number of rotatable bonds is 6. The number of amides is 1. The van der Waals surface area contributed by atoms with Crippen LogP contribution in [-0.4, -0.2) is 42.9 Å². The summed E-state index contributed by atoms with van der Waals surface area (Å²) < 4.78 is 11.6. The summed E-state index contributed by atoms with van der Waals surface area (Å²) in [5.41, 5.74) is 0.739. The normalized spacial score (nSPS) is 15.6. The third-order valence-corrected chi connectivity index (χ3v) is 5.34. The van der Waals surface area contributed by atoms with Crippen molar-refractivity contribution in [3.05, 3.63) is 45.6 Å². The molecule has 0 bridgehead atoms. The van der Waals surface area contributed by atoms with Crippen LogP contribution in [0.2, 0.25) is 0 Å². The molecule has 1 atom stereocenters. The molecule has 1 aromatic heterocycles. The van der Waals surface area contributed by atoms with Crippen LogP contribution in [0.3, 0.4) is 0 Å². The number of carbonyl (C=O) groups is 2. The summed E-state index contributed by atoms with van der Waals surface area (Å²) in [5, 5.41) is 0. The molecule has 1 aliphatic rings. The van der Waals surface area contributed by atoms with E-state index in [4.69, 9.17) is 9.47 Å². The minimum atomic E-state index is -0.212. The molecular formula is C20H23NO4S. The monoisotopic (exact) mass is 373 g/mol. The number of aryl methyl sites for hydroxylation is 2. The predicted octanol–water partition coefficient (Wildman–Crippen LogP) is 3.63. The highest BCUT2D eigenvalue weighted by Gasteiger charge is 2.24. The summed E-state index contributed by atoms with van der Waals surface area (Å²) in [6.07, 6.45) is 0.218.